The van der Waals surface area contributed by atoms with Crippen molar-refractivity contribution >= 4 is 0 Å². The van der Waals surface area contributed by atoms with Gasteiger partial charge in [0.25, 0.3) is 6.43 Å². The Hall–Kier alpha value is -0.580. The van der Waals surface area contributed by atoms with Crippen molar-refractivity contribution in [3.8, 4) is 11.8 Å². The number of rotatable bonds is 4. The average Bonchev–Trinajstić information content (AvgIpc) is 1.96. The van der Waals surface area contributed by atoms with Gasteiger partial charge in [0.15, 0.2) is 0 Å². The minimum Gasteiger partial charge on any atom is -0.196 e. The summed E-state index contributed by atoms with van der Waals surface area (Å²) in [6.45, 7) is 2.12. The second-order valence-electron chi connectivity index (χ2n) is 2.43. The summed E-state index contributed by atoms with van der Waals surface area (Å²) in [6, 6.07) is 0. The van der Waals surface area contributed by atoms with E-state index in [1.165, 1.54) is 12.8 Å². The number of halogens is 2. The highest BCUT2D eigenvalue weighted by atomic mass is 19.3. The van der Waals surface area contributed by atoms with Crippen LogP contribution in [0.4, 0.5) is 8.78 Å². The molecule has 11 heavy (non-hydrogen) atoms. The topological polar surface area (TPSA) is 0 Å². The predicted octanol–water partition coefficient (Wildman–Crippen LogP) is 3.23. The third-order valence-electron chi connectivity index (χ3n) is 1.37. The van der Waals surface area contributed by atoms with Crippen LogP contribution in [0.25, 0.3) is 0 Å². The Morgan fingerprint density at radius 2 is 1.91 bits per heavy atom. The minimum absolute atomic E-state index is 0.615. The van der Waals surface area contributed by atoms with Crippen molar-refractivity contribution in [1.29, 1.82) is 0 Å². The van der Waals surface area contributed by atoms with E-state index < -0.39 is 6.43 Å². The van der Waals surface area contributed by atoms with E-state index in [2.05, 4.69) is 12.8 Å². The fourth-order valence-electron chi connectivity index (χ4n) is 0.789. The van der Waals surface area contributed by atoms with E-state index in [1.807, 2.05) is 5.92 Å². The van der Waals surface area contributed by atoms with Crippen LogP contribution in [-0.4, -0.2) is 6.43 Å². The normalized spacial score (nSPS) is 9.45. The minimum atomic E-state index is -2.46. The molecule has 0 radical (unpaired) electrons. The van der Waals surface area contributed by atoms with E-state index in [-0.39, 0.29) is 0 Å². The van der Waals surface area contributed by atoms with Crippen LogP contribution in [0.1, 0.15) is 39.0 Å². The van der Waals surface area contributed by atoms with Crippen LogP contribution in [-0.2, 0) is 0 Å². The van der Waals surface area contributed by atoms with Gasteiger partial charge in [0.05, 0.1) is 0 Å². The molecule has 0 aliphatic heterocycles. The van der Waals surface area contributed by atoms with Gasteiger partial charge in [-0.25, -0.2) is 0 Å². The Kier molecular flexibility index (Phi) is 7.13. The maximum atomic E-state index is 11.4. The predicted molar refractivity (Wildman–Crippen MR) is 42.5 cm³/mol. The summed E-state index contributed by atoms with van der Waals surface area (Å²) in [7, 11) is 0. The van der Waals surface area contributed by atoms with Gasteiger partial charge in [-0.05, 0) is 12.3 Å². The summed E-state index contributed by atoms with van der Waals surface area (Å²) in [4.78, 5) is 0. The maximum absolute atomic E-state index is 11.4. The SMILES string of the molecule is CCCCCCC#CC(F)F. The van der Waals surface area contributed by atoms with Crippen molar-refractivity contribution in [3.05, 3.63) is 0 Å². The van der Waals surface area contributed by atoms with Crippen molar-refractivity contribution in [1.82, 2.24) is 0 Å². The first-order valence-corrected chi connectivity index (χ1v) is 4.04. The number of unbranched alkanes of at least 4 members (excludes halogenated alkanes) is 4. The first-order valence-electron chi connectivity index (χ1n) is 4.04. The van der Waals surface area contributed by atoms with Crippen LogP contribution in [0.2, 0.25) is 0 Å². The summed E-state index contributed by atoms with van der Waals surface area (Å²) in [5.74, 6) is 4.28. The molecule has 0 aliphatic rings. The second-order valence-corrected chi connectivity index (χ2v) is 2.43. The van der Waals surface area contributed by atoms with E-state index in [0.29, 0.717) is 6.42 Å². The Labute approximate surface area is 67.0 Å². The molecule has 0 aromatic heterocycles. The van der Waals surface area contributed by atoms with Crippen molar-refractivity contribution < 1.29 is 8.78 Å². The largest absolute Gasteiger partial charge is 0.298 e. The fourth-order valence-corrected chi connectivity index (χ4v) is 0.789. The van der Waals surface area contributed by atoms with Gasteiger partial charge in [0, 0.05) is 6.42 Å². The molecule has 2 heteroatoms. The molecule has 0 unspecified atom stereocenters. The molecule has 0 aliphatic carbocycles. The number of hydrogen-bond acceptors (Lipinski definition) is 0. The van der Waals surface area contributed by atoms with Gasteiger partial charge in [-0.1, -0.05) is 32.1 Å². The lowest BCUT2D eigenvalue weighted by atomic mass is 10.2. The van der Waals surface area contributed by atoms with Gasteiger partial charge in [0.2, 0.25) is 0 Å². The molecular formula is C9H14F2. The summed E-state index contributed by atoms with van der Waals surface area (Å²) in [6.07, 6.45) is 2.56. The Morgan fingerprint density at radius 3 is 2.45 bits per heavy atom. The Morgan fingerprint density at radius 1 is 1.18 bits per heavy atom. The molecule has 0 aromatic rings. The van der Waals surface area contributed by atoms with Crippen LogP contribution in [0, 0.1) is 11.8 Å². The molecule has 0 spiro atoms. The standard InChI is InChI=1S/C9H14F2/c1-2-3-4-5-6-7-8-9(10)11/h9H,2-6H2,1H3. The zero-order valence-electron chi connectivity index (χ0n) is 6.87. The average molecular weight is 160 g/mol. The molecule has 0 bridgehead atoms. The molecule has 0 amide bonds. The smallest absolute Gasteiger partial charge is 0.196 e. The third kappa shape index (κ3) is 9.42. The highest BCUT2D eigenvalue weighted by Gasteiger charge is 1.90. The van der Waals surface area contributed by atoms with E-state index in [1.54, 1.807) is 0 Å². The molecule has 0 saturated heterocycles. The monoisotopic (exact) mass is 160 g/mol. The lowest BCUT2D eigenvalue weighted by Gasteiger charge is -1.91. The van der Waals surface area contributed by atoms with Gasteiger partial charge in [-0.3, -0.25) is 0 Å². The van der Waals surface area contributed by atoms with Gasteiger partial charge in [0.1, 0.15) is 0 Å². The van der Waals surface area contributed by atoms with Crippen molar-refractivity contribution in [2.45, 2.75) is 45.5 Å². The van der Waals surface area contributed by atoms with Gasteiger partial charge in [-0.15, -0.1) is 0 Å². The van der Waals surface area contributed by atoms with Gasteiger partial charge >= 0.3 is 0 Å². The van der Waals surface area contributed by atoms with Crippen LogP contribution in [0.3, 0.4) is 0 Å². The summed E-state index contributed by atoms with van der Waals surface area (Å²) in [5, 5.41) is 0. The summed E-state index contributed by atoms with van der Waals surface area (Å²) in [5.41, 5.74) is 0. The van der Waals surface area contributed by atoms with Crippen molar-refractivity contribution in [2.24, 2.45) is 0 Å². The van der Waals surface area contributed by atoms with Crippen LogP contribution in [0.15, 0.2) is 0 Å². The lowest BCUT2D eigenvalue weighted by Crippen LogP contribution is -1.81. The molecule has 0 heterocycles. The molecular weight excluding hydrogens is 146 g/mol. The molecule has 0 atom stereocenters. The highest BCUT2D eigenvalue weighted by Crippen LogP contribution is 2.01. The van der Waals surface area contributed by atoms with E-state index in [4.69, 9.17) is 0 Å². The van der Waals surface area contributed by atoms with Crippen molar-refractivity contribution in [2.75, 3.05) is 0 Å². The zero-order valence-corrected chi connectivity index (χ0v) is 6.87. The molecule has 0 rings (SSSR count). The second kappa shape index (κ2) is 7.53. The molecule has 0 N–H and O–H groups in total. The quantitative estimate of drug-likeness (QED) is 0.437. The van der Waals surface area contributed by atoms with Gasteiger partial charge < -0.3 is 0 Å². The van der Waals surface area contributed by atoms with Crippen LogP contribution >= 0.6 is 0 Å². The van der Waals surface area contributed by atoms with Crippen LogP contribution in [0.5, 0.6) is 0 Å². The molecule has 0 aromatic carbocycles. The summed E-state index contributed by atoms with van der Waals surface area (Å²) < 4.78 is 22.9. The van der Waals surface area contributed by atoms with Gasteiger partial charge in [-0.2, -0.15) is 8.78 Å². The molecule has 0 nitrogen and oxygen atoms in total. The molecule has 0 saturated carbocycles. The van der Waals surface area contributed by atoms with Crippen molar-refractivity contribution in [3.63, 3.8) is 0 Å². The third-order valence-corrected chi connectivity index (χ3v) is 1.37. The Balaban J connectivity index is 3.09. The molecule has 0 fully saturated rings. The zero-order chi connectivity index (χ0) is 8.53. The number of alkyl halides is 2. The van der Waals surface area contributed by atoms with E-state index in [9.17, 15) is 8.78 Å². The maximum Gasteiger partial charge on any atom is 0.298 e. The number of hydrogen-bond donors (Lipinski definition) is 0. The lowest BCUT2D eigenvalue weighted by molar-refractivity contribution is 0.215. The Bertz CT molecular complexity index is 130. The highest BCUT2D eigenvalue weighted by molar-refractivity contribution is 5.00. The molecule has 64 valence electrons. The van der Waals surface area contributed by atoms with E-state index >= 15 is 0 Å². The first-order chi connectivity index (χ1) is 5.27. The first kappa shape index (κ1) is 10.4. The van der Waals surface area contributed by atoms with E-state index in [0.717, 1.165) is 12.8 Å². The van der Waals surface area contributed by atoms with Crippen LogP contribution < -0.4 is 0 Å². The summed E-state index contributed by atoms with van der Waals surface area (Å²) >= 11 is 0. The fraction of sp³-hybridized carbons (Fsp3) is 0.778.